The highest BCUT2D eigenvalue weighted by atomic mass is 79.9. The Balaban J connectivity index is 1.65. The topological polar surface area (TPSA) is 56.8 Å². The molecule has 3 rings (SSSR count). The first kappa shape index (κ1) is 16.6. The van der Waals surface area contributed by atoms with Crippen molar-refractivity contribution in [2.75, 3.05) is 18.5 Å². The Morgan fingerprint density at radius 2 is 1.96 bits per heavy atom. The molecule has 1 unspecified atom stereocenters. The van der Waals surface area contributed by atoms with Gasteiger partial charge in [-0.05, 0) is 37.3 Å². The zero-order chi connectivity index (χ0) is 17.1. The minimum atomic E-state index is -0.867. The van der Waals surface area contributed by atoms with Gasteiger partial charge in [0.15, 0.2) is 29.2 Å². The van der Waals surface area contributed by atoms with Crippen LogP contribution in [0.15, 0.2) is 40.9 Å². The molecule has 7 heteroatoms. The summed E-state index contributed by atoms with van der Waals surface area (Å²) in [5.41, 5.74) is 0.552. The summed E-state index contributed by atoms with van der Waals surface area (Å²) in [5, 5.41) is 2.71. The van der Waals surface area contributed by atoms with E-state index < -0.39 is 17.8 Å². The Morgan fingerprint density at radius 1 is 1.21 bits per heavy atom. The van der Waals surface area contributed by atoms with Crippen molar-refractivity contribution >= 4 is 27.5 Å². The Bertz CT molecular complexity index is 768. The normalized spacial score (nSPS) is 14.0. The minimum Gasteiger partial charge on any atom is -0.486 e. The van der Waals surface area contributed by atoms with E-state index in [2.05, 4.69) is 21.2 Å². The quantitative estimate of drug-likeness (QED) is 0.855. The Labute approximate surface area is 146 Å². The lowest BCUT2D eigenvalue weighted by Crippen LogP contribution is -2.30. The summed E-state index contributed by atoms with van der Waals surface area (Å²) in [6.45, 7) is 2.52. The molecule has 1 aliphatic heterocycles. The molecule has 24 heavy (non-hydrogen) atoms. The first-order chi connectivity index (χ1) is 11.5. The number of rotatable bonds is 4. The summed E-state index contributed by atoms with van der Waals surface area (Å²) in [6, 6.07) is 9.50. The van der Waals surface area contributed by atoms with Gasteiger partial charge in [-0.2, -0.15) is 0 Å². The van der Waals surface area contributed by atoms with Gasteiger partial charge in [0.05, 0.1) is 0 Å². The zero-order valence-electron chi connectivity index (χ0n) is 12.8. The van der Waals surface area contributed by atoms with Gasteiger partial charge >= 0.3 is 0 Å². The first-order valence-corrected chi connectivity index (χ1v) is 8.14. The van der Waals surface area contributed by atoms with E-state index in [-0.39, 0.29) is 5.75 Å². The molecule has 0 saturated carbocycles. The van der Waals surface area contributed by atoms with Gasteiger partial charge in [0.1, 0.15) is 13.2 Å². The second-order valence-corrected chi connectivity index (χ2v) is 6.10. The predicted molar refractivity (Wildman–Crippen MR) is 90.3 cm³/mol. The average Bonchev–Trinajstić information content (AvgIpc) is 2.57. The van der Waals surface area contributed by atoms with Gasteiger partial charge in [0, 0.05) is 16.2 Å². The Hall–Kier alpha value is -2.28. The largest absolute Gasteiger partial charge is 0.486 e. The summed E-state index contributed by atoms with van der Waals surface area (Å²) >= 11 is 3.17. The Morgan fingerprint density at radius 3 is 2.71 bits per heavy atom. The molecule has 0 bridgehead atoms. The van der Waals surface area contributed by atoms with Crippen molar-refractivity contribution in [2.45, 2.75) is 13.0 Å². The molecule has 2 aromatic rings. The van der Waals surface area contributed by atoms with Crippen LogP contribution >= 0.6 is 15.9 Å². The highest BCUT2D eigenvalue weighted by molar-refractivity contribution is 9.10. The standard InChI is InChI=1S/C17H15BrFNO4/c1-10(24-14-4-2-11(18)8-13(14)19)17(21)20-12-3-5-15-16(9-12)23-7-6-22-15/h2-5,8-10H,6-7H2,1H3,(H,20,21). The minimum absolute atomic E-state index is 0.0167. The number of carbonyl (C=O) groups excluding carboxylic acids is 1. The number of nitrogens with one attached hydrogen (secondary N) is 1. The van der Waals surface area contributed by atoms with Gasteiger partial charge in [-0.15, -0.1) is 0 Å². The van der Waals surface area contributed by atoms with Crippen molar-refractivity contribution in [3.05, 3.63) is 46.7 Å². The van der Waals surface area contributed by atoms with Gasteiger partial charge in [-0.1, -0.05) is 15.9 Å². The molecule has 0 spiro atoms. The monoisotopic (exact) mass is 395 g/mol. The third kappa shape index (κ3) is 3.79. The van der Waals surface area contributed by atoms with Crippen LogP contribution in [0.4, 0.5) is 10.1 Å². The Kier molecular flexibility index (Phi) is 4.89. The number of halogens is 2. The number of hydrogen-bond acceptors (Lipinski definition) is 4. The fourth-order valence-electron chi connectivity index (χ4n) is 2.18. The van der Waals surface area contributed by atoms with Crippen molar-refractivity contribution in [3.8, 4) is 17.2 Å². The molecule has 1 N–H and O–H groups in total. The van der Waals surface area contributed by atoms with Crippen LogP contribution in [0, 0.1) is 5.82 Å². The maximum Gasteiger partial charge on any atom is 0.265 e. The molecule has 0 fully saturated rings. The summed E-state index contributed by atoms with van der Waals surface area (Å²) in [5.74, 6) is 0.299. The molecule has 0 aliphatic carbocycles. The van der Waals surface area contributed by atoms with Gasteiger partial charge in [0.25, 0.3) is 5.91 Å². The highest BCUT2D eigenvalue weighted by Crippen LogP contribution is 2.32. The third-order valence-electron chi connectivity index (χ3n) is 3.38. The summed E-state index contributed by atoms with van der Waals surface area (Å²) in [4.78, 5) is 12.2. The molecule has 0 radical (unpaired) electrons. The fourth-order valence-corrected chi connectivity index (χ4v) is 2.51. The summed E-state index contributed by atoms with van der Waals surface area (Å²) < 4.78 is 30.6. The van der Waals surface area contributed by atoms with Crippen LogP contribution in [0.1, 0.15) is 6.92 Å². The molecule has 1 aliphatic rings. The lowest BCUT2D eigenvalue weighted by molar-refractivity contribution is -0.122. The maximum atomic E-state index is 13.8. The van der Waals surface area contributed by atoms with E-state index in [1.165, 1.54) is 12.1 Å². The molecule has 126 valence electrons. The lowest BCUT2D eigenvalue weighted by Gasteiger charge is -2.20. The maximum absolute atomic E-state index is 13.8. The molecule has 5 nitrogen and oxygen atoms in total. The van der Waals surface area contributed by atoms with Gasteiger partial charge < -0.3 is 19.5 Å². The first-order valence-electron chi connectivity index (χ1n) is 7.35. The number of carbonyl (C=O) groups is 1. The van der Waals surface area contributed by atoms with Crippen molar-refractivity contribution < 1.29 is 23.4 Å². The molecule has 1 amide bonds. The third-order valence-corrected chi connectivity index (χ3v) is 3.87. The van der Waals surface area contributed by atoms with E-state index in [0.717, 1.165) is 0 Å². The van der Waals surface area contributed by atoms with E-state index in [1.807, 2.05) is 0 Å². The number of hydrogen-bond donors (Lipinski definition) is 1. The zero-order valence-corrected chi connectivity index (χ0v) is 14.4. The average molecular weight is 396 g/mol. The molecule has 0 saturated heterocycles. The number of benzene rings is 2. The number of ether oxygens (including phenoxy) is 3. The predicted octanol–water partition coefficient (Wildman–Crippen LogP) is 3.77. The number of amides is 1. The highest BCUT2D eigenvalue weighted by Gasteiger charge is 2.18. The molecular weight excluding hydrogens is 381 g/mol. The SMILES string of the molecule is CC(Oc1ccc(Br)cc1F)C(=O)Nc1ccc2c(c1)OCCO2. The van der Waals surface area contributed by atoms with Crippen LogP contribution in [0.5, 0.6) is 17.2 Å². The van der Waals surface area contributed by atoms with Gasteiger partial charge in [-0.25, -0.2) is 4.39 Å². The molecule has 1 heterocycles. The van der Waals surface area contributed by atoms with E-state index in [9.17, 15) is 9.18 Å². The van der Waals surface area contributed by atoms with Gasteiger partial charge in [0.2, 0.25) is 0 Å². The molecular formula is C17H15BrFNO4. The van der Waals surface area contributed by atoms with Crippen LogP contribution in [-0.4, -0.2) is 25.2 Å². The van der Waals surface area contributed by atoms with Crippen LogP contribution < -0.4 is 19.5 Å². The second kappa shape index (κ2) is 7.09. The molecule has 2 aromatic carbocycles. The number of fused-ring (bicyclic) bond motifs is 1. The van der Waals surface area contributed by atoms with E-state index >= 15 is 0 Å². The van der Waals surface area contributed by atoms with Crippen molar-refractivity contribution in [3.63, 3.8) is 0 Å². The fraction of sp³-hybridized carbons (Fsp3) is 0.235. The molecule has 1 atom stereocenters. The van der Waals surface area contributed by atoms with Crippen LogP contribution in [0.2, 0.25) is 0 Å². The van der Waals surface area contributed by atoms with Gasteiger partial charge in [-0.3, -0.25) is 4.79 Å². The van der Waals surface area contributed by atoms with E-state index in [4.69, 9.17) is 14.2 Å². The summed E-state index contributed by atoms with van der Waals surface area (Å²) in [6.07, 6.45) is -0.867. The number of anilines is 1. The van der Waals surface area contributed by atoms with E-state index in [0.29, 0.717) is 34.9 Å². The van der Waals surface area contributed by atoms with Crippen molar-refractivity contribution in [1.82, 2.24) is 0 Å². The second-order valence-electron chi connectivity index (χ2n) is 5.18. The van der Waals surface area contributed by atoms with Crippen molar-refractivity contribution in [2.24, 2.45) is 0 Å². The lowest BCUT2D eigenvalue weighted by atomic mass is 10.2. The van der Waals surface area contributed by atoms with Crippen LogP contribution in [0.3, 0.4) is 0 Å². The van der Waals surface area contributed by atoms with Crippen molar-refractivity contribution in [1.29, 1.82) is 0 Å². The smallest absolute Gasteiger partial charge is 0.265 e. The van der Waals surface area contributed by atoms with Crippen LogP contribution in [-0.2, 0) is 4.79 Å². The molecule has 0 aromatic heterocycles. The van der Waals surface area contributed by atoms with Crippen LogP contribution in [0.25, 0.3) is 0 Å². The summed E-state index contributed by atoms with van der Waals surface area (Å²) in [7, 11) is 0. The van der Waals surface area contributed by atoms with E-state index in [1.54, 1.807) is 31.2 Å².